The van der Waals surface area contributed by atoms with Crippen molar-refractivity contribution in [3.8, 4) is 11.3 Å². The number of piperidine rings is 1. The molecule has 2 aliphatic rings. The fourth-order valence-corrected chi connectivity index (χ4v) is 5.54. The second-order valence-corrected chi connectivity index (χ2v) is 9.96. The highest BCUT2D eigenvalue weighted by Gasteiger charge is 2.47. The third kappa shape index (κ3) is 4.54. The van der Waals surface area contributed by atoms with Crippen molar-refractivity contribution < 1.29 is 18.0 Å². The predicted octanol–water partition coefficient (Wildman–Crippen LogP) is 2.99. The first-order valence-corrected chi connectivity index (χ1v) is 12.5. The molecule has 0 bridgehead atoms. The Morgan fingerprint density at radius 1 is 1.18 bits per heavy atom. The molecule has 1 amide bonds. The summed E-state index contributed by atoms with van der Waals surface area (Å²) in [6.07, 6.45) is 6.67. The van der Waals surface area contributed by atoms with Crippen LogP contribution in [-0.4, -0.2) is 88.8 Å². The van der Waals surface area contributed by atoms with E-state index >= 15 is 0 Å². The zero-order chi connectivity index (χ0) is 27.2. The average molecular weight is 539 g/mol. The second kappa shape index (κ2) is 9.52. The number of amides is 1. The van der Waals surface area contributed by atoms with Crippen LogP contribution in [0.25, 0.3) is 22.3 Å². The highest BCUT2D eigenvalue weighted by Crippen LogP contribution is 2.37. The number of H-pyrrole nitrogens is 1. The monoisotopic (exact) mass is 538 g/mol. The molecule has 0 atom stereocenters. The number of aromatic amines is 1. The number of nitrogens with one attached hydrogen (secondary N) is 2. The van der Waals surface area contributed by atoms with Gasteiger partial charge in [0.15, 0.2) is 0 Å². The van der Waals surface area contributed by atoms with Crippen molar-refractivity contribution in [2.24, 2.45) is 0 Å². The van der Waals surface area contributed by atoms with E-state index in [1.807, 2.05) is 23.1 Å². The largest absolute Gasteiger partial charge is 0.451 e. The average Bonchev–Trinajstić information content (AvgIpc) is 3.60. The van der Waals surface area contributed by atoms with Crippen LogP contribution in [0.2, 0.25) is 0 Å². The minimum absolute atomic E-state index is 0.223. The van der Waals surface area contributed by atoms with E-state index in [4.69, 9.17) is 5.41 Å². The first-order valence-electron chi connectivity index (χ1n) is 12.5. The molecule has 0 aliphatic carbocycles. The maximum atomic E-state index is 13.0. The van der Waals surface area contributed by atoms with Gasteiger partial charge in [-0.15, -0.1) is 0 Å². The Balaban J connectivity index is 1.11. The van der Waals surface area contributed by atoms with Crippen LogP contribution < -0.4 is 0 Å². The minimum atomic E-state index is -4.71. The molecule has 39 heavy (non-hydrogen) atoms. The first-order chi connectivity index (χ1) is 18.8. The van der Waals surface area contributed by atoms with Gasteiger partial charge in [0.2, 0.25) is 5.82 Å². The molecular weight excluding hydrogens is 513 g/mol. The van der Waals surface area contributed by atoms with Crippen molar-refractivity contribution >= 4 is 23.2 Å². The lowest BCUT2D eigenvalue weighted by molar-refractivity contribution is -0.145. The highest BCUT2D eigenvalue weighted by molar-refractivity contribution is 5.92. The lowest BCUT2D eigenvalue weighted by Gasteiger charge is -2.54. The quantitative estimate of drug-likeness (QED) is 0.361. The molecule has 14 heteroatoms. The van der Waals surface area contributed by atoms with Gasteiger partial charge >= 0.3 is 6.18 Å². The minimum Gasteiger partial charge on any atom is -0.346 e. The molecule has 4 aromatic rings. The van der Waals surface area contributed by atoms with Crippen LogP contribution in [0.1, 0.15) is 35.6 Å². The number of hydrogen-bond acceptors (Lipinski definition) is 8. The van der Waals surface area contributed by atoms with Crippen molar-refractivity contribution in [3.63, 3.8) is 0 Å². The fraction of sp³-hybridized carbons (Fsp3) is 0.400. The van der Waals surface area contributed by atoms with E-state index in [0.717, 1.165) is 28.5 Å². The summed E-state index contributed by atoms with van der Waals surface area (Å²) in [7, 11) is 0. The maximum Gasteiger partial charge on any atom is 0.451 e. The third-order valence-corrected chi connectivity index (χ3v) is 7.57. The van der Waals surface area contributed by atoms with Crippen molar-refractivity contribution in [3.05, 3.63) is 54.8 Å². The standard InChI is InChI=1S/C25H25F3N10O/c26-25(27,28)23-31-8-2-19(35-23)22(39)36-9-3-17(4-10-36)37-13-24(14-37,5-6-29)38-12-16(11-34-38)20-18-1-7-30-21(18)33-15-32-20/h1-2,6-8,11-12,15,17,29H,3-5,9-10,13-14H2,(H,30,32,33). The number of nitrogens with zero attached hydrogens (tertiary/aromatic N) is 8. The molecule has 2 N–H and O–H groups in total. The molecule has 6 rings (SSSR count). The molecule has 2 fully saturated rings. The van der Waals surface area contributed by atoms with Gasteiger partial charge < -0.3 is 15.3 Å². The lowest BCUT2D eigenvalue weighted by atomic mass is 9.83. The predicted molar refractivity (Wildman–Crippen MR) is 134 cm³/mol. The summed E-state index contributed by atoms with van der Waals surface area (Å²) in [5.41, 5.74) is 1.81. The maximum absolute atomic E-state index is 13.0. The Labute approximate surface area is 220 Å². The van der Waals surface area contributed by atoms with Crippen LogP contribution >= 0.6 is 0 Å². The van der Waals surface area contributed by atoms with Crippen molar-refractivity contribution in [2.75, 3.05) is 26.2 Å². The number of rotatable bonds is 6. The number of carbonyl (C=O) groups excluding carboxylic acids is 1. The molecule has 2 saturated heterocycles. The van der Waals surface area contributed by atoms with E-state index in [2.05, 4.69) is 34.9 Å². The van der Waals surface area contributed by atoms with Gasteiger partial charge in [-0.2, -0.15) is 18.3 Å². The molecule has 0 saturated carbocycles. The topological polar surface area (TPSA) is 133 Å². The number of fused-ring (bicyclic) bond motifs is 1. The molecule has 4 aromatic heterocycles. The smallest absolute Gasteiger partial charge is 0.346 e. The van der Waals surface area contributed by atoms with Crippen molar-refractivity contribution in [2.45, 2.75) is 37.0 Å². The number of alkyl halides is 3. The molecular formula is C25H25F3N10O. The first kappa shape index (κ1) is 25.1. The lowest BCUT2D eigenvalue weighted by Crippen LogP contribution is -2.66. The van der Waals surface area contributed by atoms with Gasteiger partial charge in [0.1, 0.15) is 17.7 Å². The van der Waals surface area contributed by atoms with Crippen LogP contribution in [-0.2, 0) is 11.7 Å². The van der Waals surface area contributed by atoms with Crippen LogP contribution in [0.5, 0.6) is 0 Å². The Morgan fingerprint density at radius 3 is 2.72 bits per heavy atom. The summed E-state index contributed by atoms with van der Waals surface area (Å²) in [5.74, 6) is -1.83. The summed E-state index contributed by atoms with van der Waals surface area (Å²) in [6, 6.07) is 3.36. The Hall–Kier alpha value is -4.20. The number of carbonyl (C=O) groups is 1. The van der Waals surface area contributed by atoms with Gasteiger partial charge in [0, 0.05) is 68.2 Å². The van der Waals surface area contributed by atoms with Crippen LogP contribution in [0.4, 0.5) is 13.2 Å². The SMILES string of the molecule is N=CCC1(n2cc(-c3ncnc4[nH]ccc34)cn2)CN(C2CCN(C(=O)c3ccnc(C(F)(F)F)n3)CC2)C1. The molecule has 0 aromatic carbocycles. The van der Waals surface area contributed by atoms with E-state index in [0.29, 0.717) is 45.4 Å². The van der Waals surface area contributed by atoms with E-state index < -0.39 is 17.9 Å². The van der Waals surface area contributed by atoms with Gasteiger partial charge in [-0.25, -0.2) is 19.9 Å². The summed E-state index contributed by atoms with van der Waals surface area (Å²) >= 11 is 0. The number of aromatic nitrogens is 7. The summed E-state index contributed by atoms with van der Waals surface area (Å²) in [5, 5.41) is 13.3. The molecule has 0 unspecified atom stereocenters. The Morgan fingerprint density at radius 2 is 1.97 bits per heavy atom. The van der Waals surface area contributed by atoms with E-state index in [-0.39, 0.29) is 17.3 Å². The van der Waals surface area contributed by atoms with Gasteiger partial charge in [0.05, 0.1) is 17.4 Å². The Bertz CT molecular complexity index is 1520. The van der Waals surface area contributed by atoms with Crippen LogP contribution in [0, 0.1) is 5.41 Å². The number of hydrogen-bond donors (Lipinski definition) is 2. The van der Waals surface area contributed by atoms with Gasteiger partial charge in [-0.05, 0) is 31.2 Å². The van der Waals surface area contributed by atoms with Crippen LogP contribution in [0.3, 0.4) is 0 Å². The normalized spacial score (nSPS) is 18.3. The fourth-order valence-electron chi connectivity index (χ4n) is 5.54. The molecule has 0 radical (unpaired) electrons. The van der Waals surface area contributed by atoms with E-state index in [9.17, 15) is 18.0 Å². The van der Waals surface area contributed by atoms with Gasteiger partial charge in [-0.3, -0.25) is 14.4 Å². The van der Waals surface area contributed by atoms with Crippen molar-refractivity contribution in [1.29, 1.82) is 5.41 Å². The zero-order valence-corrected chi connectivity index (χ0v) is 20.8. The molecule has 0 spiro atoms. The van der Waals surface area contributed by atoms with Crippen molar-refractivity contribution in [1.82, 2.24) is 44.5 Å². The number of halogens is 3. The molecule has 6 heterocycles. The van der Waals surface area contributed by atoms with Crippen LogP contribution in [0.15, 0.2) is 43.2 Å². The third-order valence-electron chi connectivity index (χ3n) is 7.57. The summed E-state index contributed by atoms with van der Waals surface area (Å²) in [4.78, 5) is 35.1. The van der Waals surface area contributed by atoms with E-state index in [1.165, 1.54) is 18.6 Å². The molecule has 11 nitrogen and oxygen atoms in total. The zero-order valence-electron chi connectivity index (χ0n) is 20.8. The molecule has 2 aliphatic heterocycles. The second-order valence-electron chi connectivity index (χ2n) is 9.96. The van der Waals surface area contributed by atoms with Gasteiger partial charge in [0.25, 0.3) is 5.91 Å². The molecule has 202 valence electrons. The summed E-state index contributed by atoms with van der Waals surface area (Å²) < 4.78 is 40.8. The highest BCUT2D eigenvalue weighted by atomic mass is 19.4. The number of likely N-dealkylation sites (tertiary alicyclic amines) is 2. The van der Waals surface area contributed by atoms with E-state index in [1.54, 1.807) is 11.1 Å². The van der Waals surface area contributed by atoms with Gasteiger partial charge in [-0.1, -0.05) is 0 Å². The summed E-state index contributed by atoms with van der Waals surface area (Å²) in [6.45, 7) is 2.25. The Kier molecular flexibility index (Phi) is 6.13.